The molecule has 0 radical (unpaired) electrons. The SMILES string of the molecule is Cc1cccc(C)c1OCCNC(=O)c1csc(CN)n1.Cl. The van der Waals surface area contributed by atoms with E-state index in [2.05, 4.69) is 10.3 Å². The molecule has 1 amide bonds. The Labute approximate surface area is 140 Å². The van der Waals surface area contributed by atoms with Gasteiger partial charge in [-0.2, -0.15) is 0 Å². The van der Waals surface area contributed by atoms with Crippen molar-refractivity contribution in [2.45, 2.75) is 20.4 Å². The van der Waals surface area contributed by atoms with Crippen molar-refractivity contribution in [1.29, 1.82) is 0 Å². The molecule has 2 aromatic rings. The number of amides is 1. The number of hydrogen-bond donors (Lipinski definition) is 2. The van der Waals surface area contributed by atoms with E-state index in [1.165, 1.54) is 11.3 Å². The Morgan fingerprint density at radius 3 is 2.64 bits per heavy atom. The molecular formula is C15H20ClN3O2S. The van der Waals surface area contributed by atoms with Gasteiger partial charge in [0.15, 0.2) is 0 Å². The molecule has 0 fully saturated rings. The van der Waals surface area contributed by atoms with Gasteiger partial charge >= 0.3 is 0 Å². The van der Waals surface area contributed by atoms with E-state index >= 15 is 0 Å². The monoisotopic (exact) mass is 341 g/mol. The highest BCUT2D eigenvalue weighted by Gasteiger charge is 2.09. The first-order valence-corrected chi connectivity index (χ1v) is 7.61. The molecule has 2 rings (SSSR count). The number of nitrogens with one attached hydrogen (secondary N) is 1. The maximum atomic E-state index is 11.9. The van der Waals surface area contributed by atoms with Crippen LogP contribution in [0.3, 0.4) is 0 Å². The van der Waals surface area contributed by atoms with Gasteiger partial charge in [-0.3, -0.25) is 4.79 Å². The lowest BCUT2D eigenvalue weighted by molar-refractivity contribution is 0.0942. The molecule has 1 aromatic carbocycles. The maximum Gasteiger partial charge on any atom is 0.270 e. The van der Waals surface area contributed by atoms with Gasteiger partial charge in [0.25, 0.3) is 5.91 Å². The molecule has 7 heteroatoms. The van der Waals surface area contributed by atoms with Gasteiger partial charge < -0.3 is 15.8 Å². The largest absolute Gasteiger partial charge is 0.491 e. The van der Waals surface area contributed by atoms with Crippen LogP contribution in [0.15, 0.2) is 23.6 Å². The van der Waals surface area contributed by atoms with Crippen molar-refractivity contribution in [3.05, 3.63) is 45.4 Å². The number of para-hydroxylation sites is 1. The lowest BCUT2D eigenvalue weighted by atomic mass is 10.1. The summed E-state index contributed by atoms with van der Waals surface area (Å²) in [5.41, 5.74) is 8.07. The third-order valence-electron chi connectivity index (χ3n) is 3.00. The zero-order chi connectivity index (χ0) is 15.2. The quantitative estimate of drug-likeness (QED) is 0.791. The van der Waals surface area contributed by atoms with Crippen LogP contribution < -0.4 is 15.8 Å². The van der Waals surface area contributed by atoms with Gasteiger partial charge in [0.05, 0.1) is 6.54 Å². The summed E-state index contributed by atoms with van der Waals surface area (Å²) < 4.78 is 5.73. The minimum atomic E-state index is -0.198. The molecule has 5 nitrogen and oxygen atoms in total. The molecule has 0 aliphatic heterocycles. The standard InChI is InChI=1S/C15H19N3O2S.ClH/c1-10-4-3-5-11(2)14(10)20-7-6-17-15(19)12-9-21-13(8-16)18-12;/h3-5,9H,6-8,16H2,1-2H3,(H,17,19);1H. The first-order valence-electron chi connectivity index (χ1n) is 6.73. The molecule has 1 heterocycles. The van der Waals surface area contributed by atoms with Gasteiger partial charge in [-0.1, -0.05) is 18.2 Å². The summed E-state index contributed by atoms with van der Waals surface area (Å²) in [5.74, 6) is 0.682. The van der Waals surface area contributed by atoms with Crippen LogP contribution in [0.1, 0.15) is 26.6 Å². The van der Waals surface area contributed by atoms with E-state index in [1.54, 1.807) is 5.38 Å². The fourth-order valence-corrected chi connectivity index (χ4v) is 2.60. The number of thiazole rings is 1. The summed E-state index contributed by atoms with van der Waals surface area (Å²) in [4.78, 5) is 16.0. The first kappa shape index (κ1) is 18.4. The number of carbonyl (C=O) groups excluding carboxylic acids is 1. The van der Waals surface area contributed by atoms with E-state index in [9.17, 15) is 4.79 Å². The number of halogens is 1. The Hall–Kier alpha value is -1.63. The predicted molar refractivity (Wildman–Crippen MR) is 91.0 cm³/mol. The van der Waals surface area contributed by atoms with Gasteiger partial charge in [-0.25, -0.2) is 4.98 Å². The normalized spacial score (nSPS) is 9.95. The van der Waals surface area contributed by atoms with Crippen LogP contribution in [0.25, 0.3) is 0 Å². The average molecular weight is 342 g/mol. The molecule has 1 aromatic heterocycles. The third kappa shape index (κ3) is 4.69. The molecule has 22 heavy (non-hydrogen) atoms. The summed E-state index contributed by atoms with van der Waals surface area (Å²) in [7, 11) is 0. The van der Waals surface area contributed by atoms with E-state index in [1.807, 2.05) is 32.0 Å². The van der Waals surface area contributed by atoms with E-state index in [0.717, 1.165) is 21.9 Å². The van der Waals surface area contributed by atoms with Gasteiger partial charge in [0.2, 0.25) is 0 Å². The zero-order valence-electron chi connectivity index (χ0n) is 12.6. The lowest BCUT2D eigenvalue weighted by Crippen LogP contribution is -2.28. The summed E-state index contributed by atoms with van der Waals surface area (Å²) in [6.45, 7) is 5.22. The number of ether oxygens (including phenoxy) is 1. The van der Waals surface area contributed by atoms with Crippen molar-refractivity contribution >= 4 is 29.7 Å². The summed E-state index contributed by atoms with van der Waals surface area (Å²) in [6.07, 6.45) is 0. The minimum Gasteiger partial charge on any atom is -0.491 e. The summed E-state index contributed by atoms with van der Waals surface area (Å²) in [5, 5.41) is 5.25. The van der Waals surface area contributed by atoms with Gasteiger partial charge in [-0.05, 0) is 25.0 Å². The Balaban J connectivity index is 0.00000242. The summed E-state index contributed by atoms with van der Waals surface area (Å²) in [6, 6.07) is 6.01. The second kappa shape index (κ2) is 8.73. The predicted octanol–water partition coefficient (Wildman–Crippen LogP) is 2.45. The number of carbonyl (C=O) groups is 1. The van der Waals surface area contributed by atoms with Crippen LogP contribution in [0.4, 0.5) is 0 Å². The van der Waals surface area contributed by atoms with Crippen molar-refractivity contribution in [2.75, 3.05) is 13.2 Å². The van der Waals surface area contributed by atoms with Gasteiger partial charge in [0, 0.05) is 11.9 Å². The number of hydrogen-bond acceptors (Lipinski definition) is 5. The lowest BCUT2D eigenvalue weighted by Gasteiger charge is -2.12. The van der Waals surface area contributed by atoms with Crippen LogP contribution >= 0.6 is 23.7 Å². The van der Waals surface area contributed by atoms with E-state index in [4.69, 9.17) is 10.5 Å². The van der Waals surface area contributed by atoms with E-state index in [0.29, 0.717) is 25.4 Å². The van der Waals surface area contributed by atoms with Crippen molar-refractivity contribution in [1.82, 2.24) is 10.3 Å². The van der Waals surface area contributed by atoms with Gasteiger partial charge in [-0.15, -0.1) is 23.7 Å². The smallest absolute Gasteiger partial charge is 0.270 e. The number of nitrogens with zero attached hydrogens (tertiary/aromatic N) is 1. The van der Waals surface area contributed by atoms with Crippen LogP contribution in [0.2, 0.25) is 0 Å². The fraction of sp³-hybridized carbons (Fsp3) is 0.333. The summed E-state index contributed by atoms with van der Waals surface area (Å²) >= 11 is 1.39. The molecule has 120 valence electrons. The molecule has 0 aliphatic rings. The second-order valence-corrected chi connectivity index (χ2v) is 5.60. The number of nitrogens with two attached hydrogens (primary N) is 1. The first-order chi connectivity index (χ1) is 10.1. The van der Waals surface area contributed by atoms with Crippen molar-refractivity contribution in [2.24, 2.45) is 5.73 Å². The Morgan fingerprint density at radius 2 is 2.05 bits per heavy atom. The Morgan fingerprint density at radius 1 is 1.36 bits per heavy atom. The maximum absolute atomic E-state index is 11.9. The fourth-order valence-electron chi connectivity index (χ4n) is 1.94. The van der Waals surface area contributed by atoms with Crippen molar-refractivity contribution < 1.29 is 9.53 Å². The van der Waals surface area contributed by atoms with Crippen LogP contribution in [0.5, 0.6) is 5.75 Å². The van der Waals surface area contributed by atoms with E-state index < -0.39 is 0 Å². The molecule has 0 saturated carbocycles. The molecule has 0 atom stereocenters. The number of aryl methyl sites for hydroxylation is 2. The Kier molecular flexibility index (Phi) is 7.31. The molecule has 0 aliphatic carbocycles. The van der Waals surface area contributed by atoms with Crippen LogP contribution in [0, 0.1) is 13.8 Å². The van der Waals surface area contributed by atoms with Crippen molar-refractivity contribution in [3.8, 4) is 5.75 Å². The highest BCUT2D eigenvalue weighted by Crippen LogP contribution is 2.21. The average Bonchev–Trinajstić information content (AvgIpc) is 2.95. The minimum absolute atomic E-state index is 0. The second-order valence-electron chi connectivity index (χ2n) is 4.66. The molecule has 0 bridgehead atoms. The zero-order valence-corrected chi connectivity index (χ0v) is 14.2. The molecule has 0 saturated heterocycles. The van der Waals surface area contributed by atoms with E-state index in [-0.39, 0.29) is 18.3 Å². The third-order valence-corrected chi connectivity index (χ3v) is 3.87. The number of aromatic nitrogens is 1. The Bertz CT molecular complexity index is 611. The molecule has 0 unspecified atom stereocenters. The van der Waals surface area contributed by atoms with Crippen LogP contribution in [-0.4, -0.2) is 24.0 Å². The van der Waals surface area contributed by atoms with Crippen LogP contribution in [-0.2, 0) is 6.54 Å². The highest BCUT2D eigenvalue weighted by atomic mass is 35.5. The van der Waals surface area contributed by atoms with Crippen molar-refractivity contribution in [3.63, 3.8) is 0 Å². The topological polar surface area (TPSA) is 77.2 Å². The number of rotatable bonds is 6. The van der Waals surface area contributed by atoms with Gasteiger partial charge in [0.1, 0.15) is 23.1 Å². The molecule has 3 N–H and O–H groups in total. The molecule has 0 spiro atoms. The number of benzene rings is 1. The highest BCUT2D eigenvalue weighted by molar-refractivity contribution is 7.09. The molecular weight excluding hydrogens is 322 g/mol.